The molecule has 1 aliphatic rings. The zero-order chi connectivity index (χ0) is 24.4. The summed E-state index contributed by atoms with van der Waals surface area (Å²) in [4.78, 5) is 43.9. The second-order valence-electron chi connectivity index (χ2n) is 8.81. The van der Waals surface area contributed by atoms with Crippen LogP contribution in [0, 0.1) is 5.92 Å². The number of carbonyl (C=O) groups is 2. The summed E-state index contributed by atoms with van der Waals surface area (Å²) < 4.78 is 1.63. The molecule has 0 saturated heterocycles. The lowest BCUT2D eigenvalue weighted by Crippen LogP contribution is -2.25. The first-order chi connectivity index (χ1) is 16.2. The number of hydrogen-bond donors (Lipinski definition) is 2. The van der Waals surface area contributed by atoms with Gasteiger partial charge in [-0.25, -0.2) is 4.98 Å². The van der Waals surface area contributed by atoms with E-state index in [1.54, 1.807) is 22.8 Å². The van der Waals surface area contributed by atoms with E-state index >= 15 is 0 Å². The highest BCUT2D eigenvalue weighted by molar-refractivity contribution is 7.99. The molecule has 0 spiro atoms. The Morgan fingerprint density at radius 2 is 2.06 bits per heavy atom. The molecule has 34 heavy (non-hydrogen) atoms. The Balaban J connectivity index is 1.58. The average molecular weight is 519 g/mol. The summed E-state index contributed by atoms with van der Waals surface area (Å²) in [7, 11) is 0. The van der Waals surface area contributed by atoms with Gasteiger partial charge in [0, 0.05) is 16.4 Å². The molecule has 3 aromatic rings. The van der Waals surface area contributed by atoms with Gasteiger partial charge in [0.25, 0.3) is 11.5 Å². The Labute approximate surface area is 211 Å². The van der Waals surface area contributed by atoms with Crippen molar-refractivity contribution < 1.29 is 9.59 Å². The lowest BCUT2D eigenvalue weighted by atomic mass is 9.95. The minimum atomic E-state index is -0.516. The number of amides is 2. The summed E-state index contributed by atoms with van der Waals surface area (Å²) in [5.74, 6) is -0.341. The smallest absolute Gasteiger partial charge is 0.262 e. The highest BCUT2D eigenvalue weighted by Crippen LogP contribution is 2.38. The van der Waals surface area contributed by atoms with Gasteiger partial charge in [-0.15, -0.1) is 11.3 Å². The van der Waals surface area contributed by atoms with Crippen molar-refractivity contribution in [2.45, 2.75) is 57.7 Å². The van der Waals surface area contributed by atoms with Crippen molar-refractivity contribution in [3.8, 4) is 0 Å². The first-order valence-electron chi connectivity index (χ1n) is 11.3. The van der Waals surface area contributed by atoms with Crippen LogP contribution in [-0.2, 0) is 24.2 Å². The Kier molecular flexibility index (Phi) is 7.64. The van der Waals surface area contributed by atoms with Crippen LogP contribution in [-0.4, -0.2) is 27.1 Å². The van der Waals surface area contributed by atoms with Crippen LogP contribution >= 0.6 is 34.7 Å². The van der Waals surface area contributed by atoms with Crippen molar-refractivity contribution in [3.05, 3.63) is 49.6 Å². The molecule has 0 unspecified atom stereocenters. The number of nitrogens with zero attached hydrogens (tertiary/aromatic N) is 2. The number of thiophene rings is 1. The summed E-state index contributed by atoms with van der Waals surface area (Å²) in [6.45, 7) is 4.70. The van der Waals surface area contributed by atoms with E-state index in [1.165, 1.54) is 23.1 Å². The van der Waals surface area contributed by atoms with E-state index < -0.39 is 5.91 Å². The molecule has 2 amide bonds. The number of anilines is 1. The number of fused-ring (bicyclic) bond motifs is 2. The summed E-state index contributed by atoms with van der Waals surface area (Å²) in [5.41, 5.74) is 7.40. The fourth-order valence-electron chi connectivity index (χ4n) is 4.08. The molecule has 1 aliphatic carbocycles. The molecule has 4 rings (SSSR count). The summed E-state index contributed by atoms with van der Waals surface area (Å²) in [5, 5.41) is 4.85. The number of benzene rings is 1. The first-order valence-corrected chi connectivity index (χ1v) is 13.5. The highest BCUT2D eigenvalue weighted by Gasteiger charge is 2.25. The predicted molar refractivity (Wildman–Crippen MR) is 139 cm³/mol. The third kappa shape index (κ3) is 5.31. The van der Waals surface area contributed by atoms with E-state index in [0.29, 0.717) is 44.1 Å². The molecule has 0 radical (unpaired) electrons. The third-order valence-corrected chi connectivity index (χ3v) is 8.23. The molecule has 0 aliphatic heterocycles. The molecular formula is C24H27ClN4O3S2. The van der Waals surface area contributed by atoms with Gasteiger partial charge in [0.2, 0.25) is 5.91 Å². The van der Waals surface area contributed by atoms with Gasteiger partial charge >= 0.3 is 0 Å². The van der Waals surface area contributed by atoms with E-state index in [2.05, 4.69) is 24.1 Å². The number of halogens is 1. The van der Waals surface area contributed by atoms with Gasteiger partial charge in [0.1, 0.15) is 5.00 Å². The van der Waals surface area contributed by atoms with Gasteiger partial charge in [-0.3, -0.25) is 19.0 Å². The molecule has 0 fully saturated rings. The number of nitrogens with two attached hydrogens (primary N) is 1. The molecule has 0 atom stereocenters. The third-order valence-electron chi connectivity index (χ3n) is 5.82. The lowest BCUT2D eigenvalue weighted by Gasteiger charge is -2.14. The Bertz CT molecular complexity index is 1320. The molecule has 0 saturated carbocycles. The van der Waals surface area contributed by atoms with Crippen LogP contribution in [0.1, 0.15) is 53.9 Å². The monoisotopic (exact) mass is 518 g/mol. The Morgan fingerprint density at radius 3 is 2.79 bits per heavy atom. The van der Waals surface area contributed by atoms with Crippen molar-refractivity contribution in [2.24, 2.45) is 11.7 Å². The number of aromatic nitrogens is 2. The molecule has 1 aromatic carbocycles. The minimum absolute atomic E-state index is 0.0426. The number of aryl methyl sites for hydroxylation is 1. The van der Waals surface area contributed by atoms with Gasteiger partial charge in [-0.2, -0.15) is 0 Å². The van der Waals surface area contributed by atoms with Gasteiger partial charge in [-0.1, -0.05) is 37.2 Å². The summed E-state index contributed by atoms with van der Waals surface area (Å²) in [6, 6.07) is 5.02. The number of carbonyl (C=O) groups excluding carboxylic acids is 2. The van der Waals surface area contributed by atoms with Gasteiger partial charge in [0.05, 0.1) is 22.2 Å². The zero-order valence-corrected chi connectivity index (χ0v) is 21.5. The number of thioether (sulfide) groups is 1. The molecule has 2 aromatic heterocycles. The van der Waals surface area contributed by atoms with E-state index in [9.17, 15) is 14.4 Å². The Morgan fingerprint density at radius 1 is 1.29 bits per heavy atom. The van der Waals surface area contributed by atoms with E-state index in [4.69, 9.17) is 17.3 Å². The SMILES string of the molecule is CC(C)CCn1c(SCC(=O)Nc2sc3c(c2C(N)=O)CCCC3)nc2cc(Cl)ccc2c1=O. The van der Waals surface area contributed by atoms with E-state index in [-0.39, 0.29) is 17.2 Å². The fraction of sp³-hybridized carbons (Fsp3) is 0.417. The highest BCUT2D eigenvalue weighted by atomic mass is 35.5. The largest absolute Gasteiger partial charge is 0.365 e. The average Bonchev–Trinajstić information content (AvgIpc) is 3.14. The minimum Gasteiger partial charge on any atom is -0.365 e. The topological polar surface area (TPSA) is 107 Å². The van der Waals surface area contributed by atoms with Crippen molar-refractivity contribution >= 4 is 62.4 Å². The van der Waals surface area contributed by atoms with Crippen LogP contribution in [0.25, 0.3) is 10.9 Å². The van der Waals surface area contributed by atoms with Crippen LogP contribution in [0.4, 0.5) is 5.00 Å². The van der Waals surface area contributed by atoms with E-state index in [0.717, 1.165) is 42.5 Å². The van der Waals surface area contributed by atoms with Crippen LogP contribution in [0.3, 0.4) is 0 Å². The quantitative estimate of drug-likeness (QED) is 0.327. The number of hydrogen-bond acceptors (Lipinski definition) is 6. The molecular weight excluding hydrogens is 492 g/mol. The van der Waals surface area contributed by atoms with Gasteiger partial charge in [-0.05, 0) is 61.8 Å². The predicted octanol–water partition coefficient (Wildman–Crippen LogP) is 4.87. The Hall–Kier alpha value is -2.36. The molecule has 10 heteroatoms. The van der Waals surface area contributed by atoms with Crippen molar-refractivity contribution in [1.29, 1.82) is 0 Å². The van der Waals surface area contributed by atoms with Crippen LogP contribution in [0.15, 0.2) is 28.2 Å². The molecule has 0 bridgehead atoms. The number of rotatable bonds is 8. The normalized spacial score (nSPS) is 13.3. The maximum Gasteiger partial charge on any atom is 0.262 e. The number of nitrogens with one attached hydrogen (secondary N) is 1. The maximum atomic E-state index is 13.2. The second kappa shape index (κ2) is 10.5. The maximum absolute atomic E-state index is 13.2. The van der Waals surface area contributed by atoms with Crippen molar-refractivity contribution in [2.75, 3.05) is 11.1 Å². The van der Waals surface area contributed by atoms with Crippen molar-refractivity contribution in [3.63, 3.8) is 0 Å². The van der Waals surface area contributed by atoms with Crippen LogP contribution in [0.5, 0.6) is 0 Å². The molecule has 3 N–H and O–H groups in total. The summed E-state index contributed by atoms with van der Waals surface area (Å²) >= 11 is 8.74. The van der Waals surface area contributed by atoms with Gasteiger partial charge in [0.15, 0.2) is 5.16 Å². The van der Waals surface area contributed by atoms with Crippen molar-refractivity contribution in [1.82, 2.24) is 9.55 Å². The fourth-order valence-corrected chi connectivity index (χ4v) is 6.38. The zero-order valence-electron chi connectivity index (χ0n) is 19.2. The second-order valence-corrected chi connectivity index (χ2v) is 11.3. The summed E-state index contributed by atoms with van der Waals surface area (Å²) in [6.07, 6.45) is 4.60. The first kappa shape index (κ1) is 24.8. The van der Waals surface area contributed by atoms with Crippen LogP contribution in [0.2, 0.25) is 5.02 Å². The lowest BCUT2D eigenvalue weighted by molar-refractivity contribution is -0.113. The standard InChI is InChI=1S/C24H27ClN4O3S2/c1-13(2)9-10-29-23(32)15-8-7-14(25)11-17(15)27-24(29)33-12-19(30)28-22-20(21(26)31)16-5-3-4-6-18(16)34-22/h7-8,11,13H,3-6,9-10,12H2,1-2H3,(H2,26,31)(H,28,30). The van der Waals surface area contributed by atoms with Gasteiger partial charge < -0.3 is 11.1 Å². The number of primary amides is 1. The molecule has 2 heterocycles. The molecule has 7 nitrogen and oxygen atoms in total. The van der Waals surface area contributed by atoms with E-state index in [1.807, 2.05) is 0 Å². The van der Waals surface area contributed by atoms with Crippen LogP contribution < -0.4 is 16.6 Å². The molecule has 180 valence electrons.